The van der Waals surface area contributed by atoms with Crippen molar-refractivity contribution in [3.63, 3.8) is 0 Å². The van der Waals surface area contributed by atoms with Crippen LogP contribution in [-0.4, -0.2) is 63.3 Å². The molecule has 2 aliphatic heterocycles. The Morgan fingerprint density at radius 1 is 0.743 bits per heavy atom. The molecule has 3 amide bonds. The third kappa shape index (κ3) is 4.98. The fourth-order valence-electron chi connectivity index (χ4n) is 5.33. The number of imide groups is 1. The van der Waals surface area contributed by atoms with Gasteiger partial charge in [-0.25, -0.2) is 4.79 Å². The first-order chi connectivity index (χ1) is 17.2. The maximum Gasteiger partial charge on any atom is 0.328 e. The molecule has 0 N–H and O–H groups in total. The minimum absolute atomic E-state index is 0.0658. The Kier molecular flexibility index (Phi) is 6.91. The third-order valence-electron chi connectivity index (χ3n) is 7.38. The second-order valence-corrected chi connectivity index (χ2v) is 9.49. The van der Waals surface area contributed by atoms with Gasteiger partial charge in [-0.05, 0) is 48.9 Å². The number of carbonyl (C=O) groups excluding carboxylic acids is 2. The number of piperidine rings is 1. The summed E-state index contributed by atoms with van der Waals surface area (Å²) >= 11 is 0. The summed E-state index contributed by atoms with van der Waals surface area (Å²) in [5, 5.41) is 0. The van der Waals surface area contributed by atoms with Crippen LogP contribution in [0.4, 0.5) is 4.79 Å². The molecule has 180 valence electrons. The van der Waals surface area contributed by atoms with Crippen molar-refractivity contribution in [1.82, 2.24) is 19.7 Å². The number of amides is 3. The van der Waals surface area contributed by atoms with Crippen molar-refractivity contribution in [3.8, 4) is 0 Å². The predicted octanol–water partition coefficient (Wildman–Crippen LogP) is 4.17. The molecule has 2 saturated heterocycles. The summed E-state index contributed by atoms with van der Waals surface area (Å²) in [4.78, 5) is 37.5. The Morgan fingerprint density at radius 2 is 1.34 bits per heavy atom. The summed E-state index contributed by atoms with van der Waals surface area (Å²) in [6.07, 6.45) is 4.76. The summed E-state index contributed by atoms with van der Waals surface area (Å²) in [7, 11) is 0. The van der Waals surface area contributed by atoms with Gasteiger partial charge in [0.15, 0.2) is 0 Å². The van der Waals surface area contributed by atoms with Crippen LogP contribution in [0.3, 0.4) is 0 Å². The highest BCUT2D eigenvalue weighted by atomic mass is 16.2. The number of hydrogen-bond donors (Lipinski definition) is 0. The van der Waals surface area contributed by atoms with E-state index in [1.54, 1.807) is 6.20 Å². The van der Waals surface area contributed by atoms with E-state index in [4.69, 9.17) is 0 Å². The molecule has 2 aromatic carbocycles. The van der Waals surface area contributed by atoms with E-state index in [9.17, 15) is 9.59 Å². The number of pyridine rings is 1. The molecule has 1 spiro atoms. The van der Waals surface area contributed by atoms with E-state index < -0.39 is 5.54 Å². The number of benzene rings is 2. The lowest BCUT2D eigenvalue weighted by Gasteiger charge is -2.42. The zero-order valence-electron chi connectivity index (χ0n) is 20.1. The molecular formula is C29H32N4O2. The molecule has 2 fully saturated rings. The fourth-order valence-corrected chi connectivity index (χ4v) is 5.33. The quantitative estimate of drug-likeness (QED) is 0.466. The summed E-state index contributed by atoms with van der Waals surface area (Å²) in [5.74, 6) is -0.0658. The molecule has 0 unspecified atom stereocenters. The molecule has 6 heteroatoms. The molecule has 0 aliphatic carbocycles. The Bertz CT molecular complexity index is 1130. The van der Waals surface area contributed by atoms with Gasteiger partial charge in [-0.1, -0.05) is 66.7 Å². The van der Waals surface area contributed by atoms with Crippen molar-refractivity contribution in [2.75, 3.05) is 26.2 Å². The lowest BCUT2D eigenvalue weighted by Crippen LogP contribution is -2.57. The third-order valence-corrected chi connectivity index (χ3v) is 7.38. The normalized spacial score (nSPS) is 17.9. The molecular weight excluding hydrogens is 436 g/mol. The molecule has 2 aliphatic rings. The largest absolute Gasteiger partial charge is 0.328 e. The van der Waals surface area contributed by atoms with Gasteiger partial charge in [0.2, 0.25) is 0 Å². The van der Waals surface area contributed by atoms with Gasteiger partial charge < -0.3 is 9.80 Å². The first-order valence-corrected chi connectivity index (χ1v) is 12.5. The average molecular weight is 469 g/mol. The standard InChI is InChI=1S/C29H32N4O2/c34-27-29(16-21-31(22-17-29)19-14-24-9-3-1-4-10-24)33(20-15-25-11-5-2-6-12-25)28(35)32(27)23-26-13-7-8-18-30-26/h1-13,18H,14-17,19-23H2. The number of aromatic nitrogens is 1. The zero-order chi connectivity index (χ0) is 24.1. The zero-order valence-corrected chi connectivity index (χ0v) is 20.1. The second kappa shape index (κ2) is 10.4. The molecule has 1 aromatic heterocycles. The Hall–Kier alpha value is -3.51. The van der Waals surface area contributed by atoms with Gasteiger partial charge in [0.25, 0.3) is 5.91 Å². The summed E-state index contributed by atoms with van der Waals surface area (Å²) < 4.78 is 0. The molecule has 0 saturated carbocycles. The van der Waals surface area contributed by atoms with Gasteiger partial charge in [0.1, 0.15) is 5.54 Å². The van der Waals surface area contributed by atoms with Crippen LogP contribution >= 0.6 is 0 Å². The minimum Gasteiger partial charge on any atom is -0.309 e. The van der Waals surface area contributed by atoms with Crippen molar-refractivity contribution in [3.05, 3.63) is 102 Å². The number of hydrogen-bond acceptors (Lipinski definition) is 4. The summed E-state index contributed by atoms with van der Waals surface area (Å²) in [6, 6.07) is 26.1. The molecule has 5 rings (SSSR count). The van der Waals surface area contributed by atoms with Crippen LogP contribution in [-0.2, 0) is 24.2 Å². The Balaban J connectivity index is 1.31. The van der Waals surface area contributed by atoms with Crippen molar-refractivity contribution in [1.29, 1.82) is 0 Å². The van der Waals surface area contributed by atoms with Crippen LogP contribution < -0.4 is 0 Å². The molecule has 0 atom stereocenters. The SMILES string of the molecule is O=C1N(Cc2ccccn2)C(=O)C2(CCN(CCc3ccccc3)CC2)N1CCc1ccccc1. The molecule has 3 heterocycles. The predicted molar refractivity (Wildman–Crippen MR) is 136 cm³/mol. The van der Waals surface area contributed by atoms with E-state index in [1.165, 1.54) is 16.0 Å². The van der Waals surface area contributed by atoms with Gasteiger partial charge in [0, 0.05) is 32.4 Å². The summed E-state index contributed by atoms with van der Waals surface area (Å²) in [5.41, 5.74) is 2.47. The van der Waals surface area contributed by atoms with Crippen LogP contribution in [0.15, 0.2) is 85.1 Å². The van der Waals surface area contributed by atoms with Gasteiger partial charge in [-0.15, -0.1) is 0 Å². The Labute approximate surface area is 207 Å². The lowest BCUT2D eigenvalue weighted by molar-refractivity contribution is -0.136. The minimum atomic E-state index is -0.760. The topological polar surface area (TPSA) is 56.8 Å². The highest BCUT2D eigenvalue weighted by molar-refractivity contribution is 6.07. The Morgan fingerprint density at radius 3 is 1.94 bits per heavy atom. The van der Waals surface area contributed by atoms with Crippen molar-refractivity contribution < 1.29 is 9.59 Å². The second-order valence-electron chi connectivity index (χ2n) is 9.49. The van der Waals surface area contributed by atoms with Crippen molar-refractivity contribution in [2.24, 2.45) is 0 Å². The number of rotatable bonds is 8. The van der Waals surface area contributed by atoms with E-state index in [2.05, 4.69) is 46.3 Å². The molecule has 6 nitrogen and oxygen atoms in total. The van der Waals surface area contributed by atoms with Gasteiger partial charge in [-0.2, -0.15) is 0 Å². The van der Waals surface area contributed by atoms with Gasteiger partial charge >= 0.3 is 6.03 Å². The van der Waals surface area contributed by atoms with Crippen LogP contribution in [0, 0.1) is 0 Å². The average Bonchev–Trinajstić information content (AvgIpc) is 3.10. The van der Waals surface area contributed by atoms with E-state index in [1.807, 2.05) is 47.4 Å². The van der Waals surface area contributed by atoms with Crippen molar-refractivity contribution in [2.45, 2.75) is 37.8 Å². The highest BCUT2D eigenvalue weighted by Crippen LogP contribution is 2.38. The summed E-state index contributed by atoms with van der Waals surface area (Å²) in [6.45, 7) is 3.34. The van der Waals surface area contributed by atoms with Crippen LogP contribution in [0.2, 0.25) is 0 Å². The first-order valence-electron chi connectivity index (χ1n) is 12.5. The van der Waals surface area contributed by atoms with Gasteiger partial charge in [-0.3, -0.25) is 14.7 Å². The van der Waals surface area contributed by atoms with Crippen LogP contribution in [0.25, 0.3) is 0 Å². The van der Waals surface area contributed by atoms with Crippen LogP contribution in [0.5, 0.6) is 0 Å². The first kappa shape index (κ1) is 23.2. The molecule has 0 radical (unpaired) electrons. The number of nitrogens with zero attached hydrogens (tertiary/aromatic N) is 4. The highest BCUT2D eigenvalue weighted by Gasteiger charge is 2.57. The maximum absolute atomic E-state index is 13.8. The number of carbonyl (C=O) groups is 2. The van der Waals surface area contributed by atoms with E-state index >= 15 is 0 Å². The number of likely N-dealkylation sites (tertiary alicyclic amines) is 1. The molecule has 0 bridgehead atoms. The van der Waals surface area contributed by atoms with E-state index in [0.29, 0.717) is 19.4 Å². The monoisotopic (exact) mass is 468 g/mol. The van der Waals surface area contributed by atoms with Gasteiger partial charge in [0.05, 0.1) is 12.2 Å². The molecule has 3 aromatic rings. The van der Waals surface area contributed by atoms with Crippen LogP contribution in [0.1, 0.15) is 29.7 Å². The molecule has 35 heavy (non-hydrogen) atoms. The van der Waals surface area contributed by atoms with Crippen molar-refractivity contribution >= 4 is 11.9 Å². The van der Waals surface area contributed by atoms with E-state index in [0.717, 1.165) is 38.2 Å². The number of urea groups is 1. The smallest absolute Gasteiger partial charge is 0.309 e. The fraction of sp³-hybridized carbons (Fsp3) is 0.345. The van der Waals surface area contributed by atoms with E-state index in [-0.39, 0.29) is 18.5 Å². The lowest BCUT2D eigenvalue weighted by atomic mass is 9.85. The maximum atomic E-state index is 13.8.